The fourth-order valence-corrected chi connectivity index (χ4v) is 2.14. The average Bonchev–Trinajstić information content (AvgIpc) is 2.83. The van der Waals surface area contributed by atoms with E-state index < -0.39 is 5.97 Å². The SMILES string of the molecule is Cc1[nH]c(/C=C/C(=O)O)nc1-c1cccs1. The normalized spacial score (nSPS) is 11.1. The molecule has 0 aromatic carbocycles. The van der Waals surface area contributed by atoms with Gasteiger partial charge in [-0.1, -0.05) is 6.07 Å². The first-order chi connectivity index (χ1) is 7.66. The summed E-state index contributed by atoms with van der Waals surface area (Å²) in [7, 11) is 0. The smallest absolute Gasteiger partial charge is 0.328 e. The molecule has 0 atom stereocenters. The third kappa shape index (κ3) is 2.20. The molecule has 82 valence electrons. The van der Waals surface area contributed by atoms with Gasteiger partial charge in [0.2, 0.25) is 0 Å². The minimum absolute atomic E-state index is 0.559. The maximum absolute atomic E-state index is 10.4. The van der Waals surface area contributed by atoms with E-state index in [0.29, 0.717) is 5.82 Å². The number of nitrogens with one attached hydrogen (secondary N) is 1. The second kappa shape index (κ2) is 4.32. The van der Waals surface area contributed by atoms with E-state index >= 15 is 0 Å². The number of aromatic amines is 1. The van der Waals surface area contributed by atoms with Crippen molar-refractivity contribution in [1.29, 1.82) is 0 Å². The summed E-state index contributed by atoms with van der Waals surface area (Å²) >= 11 is 1.60. The molecule has 5 heteroatoms. The van der Waals surface area contributed by atoms with E-state index in [1.165, 1.54) is 6.08 Å². The molecule has 0 aliphatic carbocycles. The lowest BCUT2D eigenvalue weighted by molar-refractivity contribution is -0.131. The highest BCUT2D eigenvalue weighted by Gasteiger charge is 2.07. The molecule has 2 N–H and O–H groups in total. The second-order valence-corrected chi connectivity index (χ2v) is 4.19. The zero-order chi connectivity index (χ0) is 11.5. The largest absolute Gasteiger partial charge is 0.478 e. The van der Waals surface area contributed by atoms with Crippen LogP contribution in [0.25, 0.3) is 16.6 Å². The van der Waals surface area contributed by atoms with Crippen LogP contribution in [0.3, 0.4) is 0 Å². The Bertz CT molecular complexity index is 526. The van der Waals surface area contributed by atoms with Crippen LogP contribution in [0.15, 0.2) is 23.6 Å². The number of carboxylic acid groups (broad SMARTS) is 1. The Morgan fingerprint density at radius 2 is 2.44 bits per heavy atom. The van der Waals surface area contributed by atoms with Crippen LogP contribution in [-0.4, -0.2) is 21.0 Å². The van der Waals surface area contributed by atoms with E-state index in [4.69, 9.17) is 5.11 Å². The fourth-order valence-electron chi connectivity index (χ4n) is 1.37. The Morgan fingerprint density at radius 3 is 3.06 bits per heavy atom. The van der Waals surface area contributed by atoms with Crippen LogP contribution in [0, 0.1) is 6.92 Å². The molecule has 0 saturated carbocycles. The quantitative estimate of drug-likeness (QED) is 0.802. The van der Waals surface area contributed by atoms with Crippen molar-refractivity contribution in [2.24, 2.45) is 0 Å². The molecule has 0 bridgehead atoms. The van der Waals surface area contributed by atoms with Gasteiger partial charge in [0, 0.05) is 11.8 Å². The first-order valence-electron chi connectivity index (χ1n) is 4.68. The third-order valence-corrected chi connectivity index (χ3v) is 2.92. The predicted octanol–water partition coefficient (Wildman–Crippen LogP) is 2.54. The van der Waals surface area contributed by atoms with Crippen LogP contribution in [0.4, 0.5) is 0 Å². The Morgan fingerprint density at radius 1 is 1.62 bits per heavy atom. The topological polar surface area (TPSA) is 66.0 Å². The van der Waals surface area contributed by atoms with Crippen molar-refractivity contribution >= 4 is 23.4 Å². The maximum atomic E-state index is 10.4. The Labute approximate surface area is 96.3 Å². The van der Waals surface area contributed by atoms with E-state index in [0.717, 1.165) is 22.3 Å². The number of aryl methyl sites for hydroxylation is 1. The zero-order valence-corrected chi connectivity index (χ0v) is 9.41. The van der Waals surface area contributed by atoms with Gasteiger partial charge >= 0.3 is 5.97 Å². The van der Waals surface area contributed by atoms with E-state index in [1.54, 1.807) is 11.3 Å². The van der Waals surface area contributed by atoms with Gasteiger partial charge in [0.05, 0.1) is 4.88 Å². The van der Waals surface area contributed by atoms with Gasteiger partial charge in [-0.25, -0.2) is 9.78 Å². The number of rotatable bonds is 3. The van der Waals surface area contributed by atoms with Gasteiger partial charge < -0.3 is 10.1 Å². The molecule has 0 radical (unpaired) electrons. The van der Waals surface area contributed by atoms with E-state index in [2.05, 4.69) is 9.97 Å². The van der Waals surface area contributed by atoms with Gasteiger partial charge in [-0.05, 0) is 24.4 Å². The molecule has 2 rings (SSSR count). The molecular formula is C11H10N2O2S. The van der Waals surface area contributed by atoms with Gasteiger partial charge in [0.15, 0.2) is 0 Å². The van der Waals surface area contributed by atoms with Gasteiger partial charge in [0.1, 0.15) is 11.5 Å². The fraction of sp³-hybridized carbons (Fsp3) is 0.0909. The van der Waals surface area contributed by atoms with Crippen LogP contribution < -0.4 is 0 Å². The average molecular weight is 234 g/mol. The molecule has 0 amide bonds. The van der Waals surface area contributed by atoms with Crippen molar-refractivity contribution < 1.29 is 9.90 Å². The Balaban J connectivity index is 2.33. The molecule has 0 saturated heterocycles. The Hall–Kier alpha value is -1.88. The molecule has 16 heavy (non-hydrogen) atoms. The number of hydrogen-bond donors (Lipinski definition) is 2. The summed E-state index contributed by atoms with van der Waals surface area (Å²) in [5.74, 6) is -0.421. The van der Waals surface area contributed by atoms with Crippen molar-refractivity contribution in [3.63, 3.8) is 0 Å². The van der Waals surface area contributed by atoms with Crippen molar-refractivity contribution in [2.45, 2.75) is 6.92 Å². The molecule has 4 nitrogen and oxygen atoms in total. The summed E-state index contributed by atoms with van der Waals surface area (Å²) < 4.78 is 0. The molecule has 0 unspecified atom stereocenters. The summed E-state index contributed by atoms with van der Waals surface area (Å²) in [5.41, 5.74) is 1.81. The number of imidazole rings is 1. The van der Waals surface area contributed by atoms with Crippen LogP contribution in [0.2, 0.25) is 0 Å². The van der Waals surface area contributed by atoms with Crippen molar-refractivity contribution in [1.82, 2.24) is 9.97 Å². The molecule has 2 aromatic heterocycles. The zero-order valence-electron chi connectivity index (χ0n) is 8.60. The summed E-state index contributed by atoms with van der Waals surface area (Å²) in [6, 6.07) is 3.94. The highest BCUT2D eigenvalue weighted by atomic mass is 32.1. The number of hydrogen-bond acceptors (Lipinski definition) is 3. The highest BCUT2D eigenvalue weighted by molar-refractivity contribution is 7.13. The van der Waals surface area contributed by atoms with Crippen LogP contribution in [-0.2, 0) is 4.79 Å². The number of thiophene rings is 1. The number of H-pyrrole nitrogens is 1. The predicted molar refractivity (Wildman–Crippen MR) is 63.3 cm³/mol. The van der Waals surface area contributed by atoms with Crippen molar-refractivity contribution in [3.05, 3.63) is 35.1 Å². The number of nitrogens with zero attached hydrogens (tertiary/aromatic N) is 1. The van der Waals surface area contributed by atoms with Gasteiger partial charge in [0.25, 0.3) is 0 Å². The first-order valence-corrected chi connectivity index (χ1v) is 5.56. The van der Waals surface area contributed by atoms with Crippen molar-refractivity contribution in [2.75, 3.05) is 0 Å². The summed E-state index contributed by atoms with van der Waals surface area (Å²) in [6.07, 6.45) is 2.52. The first kappa shape index (κ1) is 10.6. The van der Waals surface area contributed by atoms with Crippen molar-refractivity contribution in [3.8, 4) is 10.6 Å². The molecule has 0 aliphatic heterocycles. The lowest BCUT2D eigenvalue weighted by Gasteiger charge is -1.90. The van der Waals surface area contributed by atoms with Crippen LogP contribution >= 0.6 is 11.3 Å². The van der Waals surface area contributed by atoms with E-state index in [9.17, 15) is 4.79 Å². The van der Waals surface area contributed by atoms with E-state index in [-0.39, 0.29) is 0 Å². The molecule has 2 heterocycles. The standard InChI is InChI=1S/C11H10N2O2S/c1-7-11(8-3-2-6-16-8)13-9(12-7)4-5-10(14)15/h2-6H,1H3,(H,12,13)(H,14,15)/b5-4+. The Kier molecular flexibility index (Phi) is 2.87. The third-order valence-electron chi connectivity index (χ3n) is 2.04. The van der Waals surface area contributed by atoms with E-state index in [1.807, 2.05) is 24.4 Å². The highest BCUT2D eigenvalue weighted by Crippen LogP contribution is 2.25. The number of carboxylic acids is 1. The second-order valence-electron chi connectivity index (χ2n) is 3.24. The molecule has 0 spiro atoms. The number of aromatic nitrogens is 2. The number of carbonyl (C=O) groups is 1. The lowest BCUT2D eigenvalue weighted by atomic mass is 10.3. The van der Waals surface area contributed by atoms with Gasteiger partial charge in [-0.2, -0.15) is 0 Å². The molecule has 0 fully saturated rings. The summed E-state index contributed by atoms with van der Waals surface area (Å²) in [4.78, 5) is 18.8. The monoisotopic (exact) mass is 234 g/mol. The minimum Gasteiger partial charge on any atom is -0.478 e. The van der Waals surface area contributed by atoms with Gasteiger partial charge in [-0.3, -0.25) is 0 Å². The van der Waals surface area contributed by atoms with Crippen LogP contribution in [0.1, 0.15) is 11.5 Å². The maximum Gasteiger partial charge on any atom is 0.328 e. The minimum atomic E-state index is -0.980. The van der Waals surface area contributed by atoms with Gasteiger partial charge in [-0.15, -0.1) is 11.3 Å². The van der Waals surface area contributed by atoms with Crippen LogP contribution in [0.5, 0.6) is 0 Å². The summed E-state index contributed by atoms with van der Waals surface area (Å²) in [6.45, 7) is 1.92. The molecule has 0 aliphatic rings. The summed E-state index contributed by atoms with van der Waals surface area (Å²) in [5, 5.41) is 10.5. The molecular weight excluding hydrogens is 224 g/mol. The molecule has 2 aromatic rings. The lowest BCUT2D eigenvalue weighted by Crippen LogP contribution is -1.86. The number of aliphatic carboxylic acids is 1.